The third kappa shape index (κ3) is 7.32. The Hall–Kier alpha value is -3.38. The van der Waals surface area contributed by atoms with Crippen molar-refractivity contribution in [1.82, 2.24) is 4.98 Å². The predicted octanol–water partition coefficient (Wildman–Crippen LogP) is 6.19. The van der Waals surface area contributed by atoms with Gasteiger partial charge in [0.2, 0.25) is 0 Å². The maximum Gasteiger partial charge on any atom is 0.257 e. The zero-order chi connectivity index (χ0) is 23.8. The molecule has 2 aromatic carbocycles. The smallest absolute Gasteiger partial charge is 0.257 e. The van der Waals surface area contributed by atoms with Crippen molar-refractivity contribution in [2.45, 2.75) is 53.2 Å². The van der Waals surface area contributed by atoms with Crippen molar-refractivity contribution in [3.05, 3.63) is 77.6 Å². The molecule has 33 heavy (non-hydrogen) atoms. The van der Waals surface area contributed by atoms with E-state index in [2.05, 4.69) is 10.3 Å². The molecule has 0 saturated carbocycles. The number of pyridine rings is 1. The fourth-order valence-electron chi connectivity index (χ4n) is 3.43. The van der Waals surface area contributed by atoms with Crippen LogP contribution in [0.25, 0.3) is 0 Å². The predicted molar refractivity (Wildman–Crippen MR) is 130 cm³/mol. The molecule has 0 aliphatic carbocycles. The summed E-state index contributed by atoms with van der Waals surface area (Å²) in [5.74, 6) is 1.91. The quantitative estimate of drug-likeness (QED) is 0.400. The summed E-state index contributed by atoms with van der Waals surface area (Å²) in [5, 5.41) is 2.92. The molecule has 6 heteroatoms. The van der Waals surface area contributed by atoms with Crippen LogP contribution < -0.4 is 14.8 Å². The standard InChI is InChI=1S/C27H32N2O4/c1-6-31-19(4)16-22-12-15-26(20(5)28-22)27(30)29-21-10-13-23(14-11-21)33-25-9-7-8-24(17-25)32-18(2)3/h7-15,17-19H,6,16H2,1-5H3,(H,29,30). The number of aryl methyl sites for hydroxylation is 1. The fourth-order valence-corrected chi connectivity index (χ4v) is 3.43. The molecule has 3 aromatic rings. The van der Waals surface area contributed by atoms with E-state index < -0.39 is 0 Å². The van der Waals surface area contributed by atoms with Crippen molar-refractivity contribution in [3.63, 3.8) is 0 Å². The number of aromatic nitrogens is 1. The van der Waals surface area contributed by atoms with Crippen LogP contribution in [0, 0.1) is 6.92 Å². The molecule has 1 atom stereocenters. The van der Waals surface area contributed by atoms with Crippen LogP contribution in [0.3, 0.4) is 0 Å². The topological polar surface area (TPSA) is 69.7 Å². The van der Waals surface area contributed by atoms with Crippen LogP contribution >= 0.6 is 0 Å². The lowest BCUT2D eigenvalue weighted by Crippen LogP contribution is -2.16. The van der Waals surface area contributed by atoms with Crippen molar-refractivity contribution in [2.24, 2.45) is 0 Å². The first-order chi connectivity index (χ1) is 15.8. The van der Waals surface area contributed by atoms with Crippen molar-refractivity contribution in [1.29, 1.82) is 0 Å². The first-order valence-corrected chi connectivity index (χ1v) is 11.3. The molecule has 1 heterocycles. The molecule has 0 spiro atoms. The highest BCUT2D eigenvalue weighted by molar-refractivity contribution is 6.05. The summed E-state index contributed by atoms with van der Waals surface area (Å²) >= 11 is 0. The second-order valence-corrected chi connectivity index (χ2v) is 8.13. The number of rotatable bonds is 10. The Labute approximate surface area is 195 Å². The third-order valence-electron chi connectivity index (χ3n) is 4.86. The van der Waals surface area contributed by atoms with Gasteiger partial charge in [-0.25, -0.2) is 0 Å². The van der Waals surface area contributed by atoms with Gasteiger partial charge in [0.15, 0.2) is 0 Å². The van der Waals surface area contributed by atoms with Gasteiger partial charge in [0.25, 0.3) is 5.91 Å². The Morgan fingerprint density at radius 2 is 1.70 bits per heavy atom. The van der Waals surface area contributed by atoms with Crippen molar-refractivity contribution in [3.8, 4) is 17.2 Å². The Bertz CT molecular complexity index is 1060. The van der Waals surface area contributed by atoms with Crippen LogP contribution in [-0.2, 0) is 11.2 Å². The molecular formula is C27H32N2O4. The molecule has 1 amide bonds. The van der Waals surface area contributed by atoms with Gasteiger partial charge in [-0.3, -0.25) is 9.78 Å². The average molecular weight is 449 g/mol. The minimum absolute atomic E-state index is 0.0903. The number of benzene rings is 2. The molecule has 0 bridgehead atoms. The molecule has 0 aliphatic heterocycles. The highest BCUT2D eigenvalue weighted by Gasteiger charge is 2.13. The Kier molecular flexibility index (Phi) is 8.44. The summed E-state index contributed by atoms with van der Waals surface area (Å²) in [7, 11) is 0. The summed E-state index contributed by atoms with van der Waals surface area (Å²) in [6.07, 6.45) is 0.897. The number of carbonyl (C=O) groups is 1. The lowest BCUT2D eigenvalue weighted by atomic mass is 10.1. The molecule has 1 aromatic heterocycles. The molecule has 0 fully saturated rings. The molecule has 3 rings (SSSR count). The molecule has 1 unspecified atom stereocenters. The minimum atomic E-state index is -0.198. The van der Waals surface area contributed by atoms with Crippen LogP contribution in [0.1, 0.15) is 49.4 Å². The van der Waals surface area contributed by atoms with Gasteiger partial charge in [-0.2, -0.15) is 0 Å². The zero-order valence-electron chi connectivity index (χ0n) is 19.9. The van der Waals surface area contributed by atoms with Crippen LogP contribution in [0.2, 0.25) is 0 Å². The summed E-state index contributed by atoms with van der Waals surface area (Å²) in [4.78, 5) is 17.3. The van der Waals surface area contributed by atoms with Gasteiger partial charge < -0.3 is 19.5 Å². The third-order valence-corrected chi connectivity index (χ3v) is 4.86. The highest BCUT2D eigenvalue weighted by Crippen LogP contribution is 2.27. The van der Waals surface area contributed by atoms with Crippen LogP contribution in [0.4, 0.5) is 5.69 Å². The number of hydrogen-bond acceptors (Lipinski definition) is 5. The number of nitrogens with one attached hydrogen (secondary N) is 1. The summed E-state index contributed by atoms with van der Waals surface area (Å²) < 4.78 is 17.2. The van der Waals surface area contributed by atoms with Gasteiger partial charge in [0.1, 0.15) is 17.2 Å². The molecule has 174 valence electrons. The zero-order valence-corrected chi connectivity index (χ0v) is 19.9. The van der Waals surface area contributed by atoms with Crippen LogP contribution in [0.15, 0.2) is 60.7 Å². The van der Waals surface area contributed by atoms with Crippen LogP contribution in [0.5, 0.6) is 17.2 Å². The van der Waals surface area contributed by atoms with Gasteiger partial charge in [0, 0.05) is 30.5 Å². The second-order valence-electron chi connectivity index (χ2n) is 8.13. The van der Waals surface area contributed by atoms with E-state index in [9.17, 15) is 4.79 Å². The second kappa shape index (κ2) is 11.5. The van der Waals surface area contributed by atoms with Gasteiger partial charge in [0.05, 0.1) is 23.5 Å². The van der Waals surface area contributed by atoms with E-state index in [1.807, 2.05) is 95.3 Å². The maximum absolute atomic E-state index is 12.8. The normalized spacial score (nSPS) is 11.8. The first kappa shape index (κ1) is 24.3. The van der Waals surface area contributed by atoms with Crippen molar-refractivity contribution >= 4 is 11.6 Å². The maximum atomic E-state index is 12.8. The molecule has 0 aliphatic rings. The van der Waals surface area contributed by atoms with Crippen molar-refractivity contribution in [2.75, 3.05) is 11.9 Å². The molecule has 0 radical (unpaired) electrons. The number of hydrogen-bond donors (Lipinski definition) is 1. The van der Waals surface area contributed by atoms with E-state index >= 15 is 0 Å². The fraction of sp³-hybridized carbons (Fsp3) is 0.333. The van der Waals surface area contributed by atoms with Gasteiger partial charge in [-0.1, -0.05) is 6.07 Å². The number of nitrogens with zero attached hydrogens (tertiary/aromatic N) is 1. The lowest BCUT2D eigenvalue weighted by Gasteiger charge is -2.13. The highest BCUT2D eigenvalue weighted by atomic mass is 16.5. The minimum Gasteiger partial charge on any atom is -0.491 e. The summed E-state index contributed by atoms with van der Waals surface area (Å²) in [6, 6.07) is 18.5. The number of anilines is 1. The van der Waals surface area contributed by atoms with Crippen molar-refractivity contribution < 1.29 is 19.0 Å². The van der Waals surface area contributed by atoms with E-state index in [-0.39, 0.29) is 18.1 Å². The van der Waals surface area contributed by atoms with E-state index in [0.29, 0.717) is 41.5 Å². The average Bonchev–Trinajstić information content (AvgIpc) is 2.75. The molecular weight excluding hydrogens is 416 g/mol. The molecule has 1 N–H and O–H groups in total. The SMILES string of the molecule is CCOC(C)Cc1ccc(C(=O)Nc2ccc(Oc3cccc(OC(C)C)c3)cc2)c(C)n1. The Morgan fingerprint density at radius 1 is 0.970 bits per heavy atom. The Balaban J connectivity index is 1.61. The number of ether oxygens (including phenoxy) is 3. The number of amides is 1. The molecule has 0 saturated heterocycles. The van der Waals surface area contributed by atoms with Gasteiger partial charge in [-0.05, 0) is 83.1 Å². The number of carbonyl (C=O) groups excluding carboxylic acids is 1. The van der Waals surface area contributed by atoms with E-state index in [1.54, 1.807) is 0 Å². The molecule has 6 nitrogen and oxygen atoms in total. The first-order valence-electron chi connectivity index (χ1n) is 11.3. The van der Waals surface area contributed by atoms with E-state index in [4.69, 9.17) is 14.2 Å². The summed E-state index contributed by atoms with van der Waals surface area (Å²) in [6.45, 7) is 10.5. The van der Waals surface area contributed by atoms with Gasteiger partial charge in [-0.15, -0.1) is 0 Å². The summed E-state index contributed by atoms with van der Waals surface area (Å²) in [5.41, 5.74) is 2.83. The monoisotopic (exact) mass is 448 g/mol. The van der Waals surface area contributed by atoms with Crippen LogP contribution in [-0.4, -0.2) is 29.7 Å². The lowest BCUT2D eigenvalue weighted by molar-refractivity contribution is 0.0761. The Morgan fingerprint density at radius 3 is 2.36 bits per heavy atom. The van der Waals surface area contributed by atoms with Gasteiger partial charge >= 0.3 is 0 Å². The van der Waals surface area contributed by atoms with E-state index in [1.165, 1.54) is 0 Å². The van der Waals surface area contributed by atoms with E-state index in [0.717, 1.165) is 11.4 Å². The largest absolute Gasteiger partial charge is 0.491 e.